The molecule has 0 spiro atoms. The molecule has 1 amide bonds. The average molecular weight is 251 g/mol. The maximum Gasteiger partial charge on any atom is 0.251 e. The molecule has 17 heavy (non-hydrogen) atoms. The van der Waals surface area contributed by atoms with E-state index in [4.69, 9.17) is 0 Å². The SMILES string of the molecule is Cc1ccc(S)cc1C(=O)NCCCC(C)C. The molecule has 2 nitrogen and oxygen atoms in total. The Morgan fingerprint density at radius 3 is 2.76 bits per heavy atom. The third-order valence-corrected chi connectivity index (χ3v) is 2.99. The van der Waals surface area contributed by atoms with Gasteiger partial charge in [-0.05, 0) is 43.4 Å². The minimum absolute atomic E-state index is 0.00200. The second kappa shape index (κ2) is 6.70. The predicted octanol–water partition coefficient (Wildman–Crippen LogP) is 3.45. The highest BCUT2D eigenvalue weighted by Crippen LogP contribution is 2.14. The number of carbonyl (C=O) groups excluding carboxylic acids is 1. The summed E-state index contributed by atoms with van der Waals surface area (Å²) in [6.45, 7) is 7.07. The van der Waals surface area contributed by atoms with Crippen molar-refractivity contribution in [3.63, 3.8) is 0 Å². The molecular weight excluding hydrogens is 230 g/mol. The maximum absolute atomic E-state index is 11.9. The molecule has 0 atom stereocenters. The topological polar surface area (TPSA) is 29.1 Å². The first-order valence-electron chi connectivity index (χ1n) is 6.08. The molecule has 1 aromatic rings. The molecule has 94 valence electrons. The molecule has 0 fully saturated rings. The number of hydrogen-bond acceptors (Lipinski definition) is 2. The smallest absolute Gasteiger partial charge is 0.251 e. The molecular formula is C14H21NOS. The first-order chi connectivity index (χ1) is 8.00. The molecule has 0 saturated heterocycles. The van der Waals surface area contributed by atoms with Crippen LogP contribution in [-0.2, 0) is 0 Å². The Hall–Kier alpha value is -0.960. The fraction of sp³-hybridized carbons (Fsp3) is 0.500. The fourth-order valence-electron chi connectivity index (χ4n) is 1.66. The standard InChI is InChI=1S/C14H21NOS/c1-10(2)5-4-8-15-14(16)13-9-12(17)7-6-11(13)3/h6-7,9-10,17H,4-5,8H2,1-3H3,(H,15,16). The van der Waals surface area contributed by atoms with E-state index >= 15 is 0 Å². The lowest BCUT2D eigenvalue weighted by Crippen LogP contribution is -2.25. The second-order valence-electron chi connectivity index (χ2n) is 4.79. The minimum atomic E-state index is 0.00200. The summed E-state index contributed by atoms with van der Waals surface area (Å²) in [5.74, 6) is 0.691. The highest BCUT2D eigenvalue weighted by molar-refractivity contribution is 7.80. The number of rotatable bonds is 5. The van der Waals surface area contributed by atoms with Gasteiger partial charge in [0.2, 0.25) is 0 Å². The van der Waals surface area contributed by atoms with Crippen LogP contribution in [0.4, 0.5) is 0 Å². The van der Waals surface area contributed by atoms with E-state index in [9.17, 15) is 4.79 Å². The van der Waals surface area contributed by atoms with Crippen LogP contribution in [0.25, 0.3) is 0 Å². The van der Waals surface area contributed by atoms with Gasteiger partial charge >= 0.3 is 0 Å². The second-order valence-corrected chi connectivity index (χ2v) is 5.31. The molecule has 1 rings (SSSR count). The molecule has 1 N–H and O–H groups in total. The zero-order chi connectivity index (χ0) is 12.8. The van der Waals surface area contributed by atoms with Crippen LogP contribution >= 0.6 is 12.6 Å². The van der Waals surface area contributed by atoms with Gasteiger partial charge in [0, 0.05) is 17.0 Å². The van der Waals surface area contributed by atoms with E-state index in [0.717, 1.165) is 35.4 Å². The summed E-state index contributed by atoms with van der Waals surface area (Å²) < 4.78 is 0. The van der Waals surface area contributed by atoms with Gasteiger partial charge in [-0.1, -0.05) is 19.9 Å². The van der Waals surface area contributed by atoms with Crippen molar-refractivity contribution in [3.05, 3.63) is 29.3 Å². The molecule has 1 aromatic carbocycles. The van der Waals surface area contributed by atoms with Crippen molar-refractivity contribution in [2.75, 3.05) is 6.54 Å². The molecule has 0 aromatic heterocycles. The van der Waals surface area contributed by atoms with Crippen molar-refractivity contribution >= 4 is 18.5 Å². The Morgan fingerprint density at radius 2 is 2.12 bits per heavy atom. The summed E-state index contributed by atoms with van der Waals surface area (Å²) in [6.07, 6.45) is 2.18. The van der Waals surface area contributed by atoms with Gasteiger partial charge in [0.05, 0.1) is 0 Å². The number of aryl methyl sites for hydroxylation is 1. The van der Waals surface area contributed by atoms with Crippen molar-refractivity contribution in [1.82, 2.24) is 5.32 Å². The Bertz CT molecular complexity index is 388. The Kier molecular flexibility index (Phi) is 5.56. The first-order valence-corrected chi connectivity index (χ1v) is 6.53. The van der Waals surface area contributed by atoms with Crippen molar-refractivity contribution in [1.29, 1.82) is 0 Å². The van der Waals surface area contributed by atoms with Crippen LogP contribution in [-0.4, -0.2) is 12.5 Å². The van der Waals surface area contributed by atoms with Crippen molar-refractivity contribution in [3.8, 4) is 0 Å². The molecule has 0 saturated carbocycles. The van der Waals surface area contributed by atoms with Crippen LogP contribution in [0.5, 0.6) is 0 Å². The van der Waals surface area contributed by atoms with Crippen molar-refractivity contribution in [2.45, 2.75) is 38.5 Å². The zero-order valence-electron chi connectivity index (χ0n) is 10.8. The zero-order valence-corrected chi connectivity index (χ0v) is 11.7. The summed E-state index contributed by atoms with van der Waals surface area (Å²) in [7, 11) is 0. The van der Waals surface area contributed by atoms with Gasteiger partial charge in [-0.25, -0.2) is 0 Å². The summed E-state index contributed by atoms with van der Waals surface area (Å²) in [5.41, 5.74) is 1.71. The Morgan fingerprint density at radius 1 is 1.41 bits per heavy atom. The molecule has 0 heterocycles. The van der Waals surface area contributed by atoms with E-state index < -0.39 is 0 Å². The number of nitrogens with one attached hydrogen (secondary N) is 1. The lowest BCUT2D eigenvalue weighted by Gasteiger charge is -2.09. The highest BCUT2D eigenvalue weighted by atomic mass is 32.1. The first kappa shape index (κ1) is 14.1. The van der Waals surface area contributed by atoms with Crippen LogP contribution in [0.1, 0.15) is 42.6 Å². The van der Waals surface area contributed by atoms with Crippen LogP contribution in [0, 0.1) is 12.8 Å². The van der Waals surface area contributed by atoms with Crippen LogP contribution < -0.4 is 5.32 Å². The summed E-state index contributed by atoms with van der Waals surface area (Å²) in [4.78, 5) is 12.7. The summed E-state index contributed by atoms with van der Waals surface area (Å²) in [5, 5.41) is 2.95. The van der Waals surface area contributed by atoms with Gasteiger partial charge in [-0.15, -0.1) is 12.6 Å². The number of carbonyl (C=O) groups is 1. The van der Waals surface area contributed by atoms with Crippen molar-refractivity contribution in [2.24, 2.45) is 5.92 Å². The van der Waals surface area contributed by atoms with E-state index in [0.29, 0.717) is 5.92 Å². The van der Waals surface area contributed by atoms with E-state index in [1.54, 1.807) is 0 Å². The molecule has 0 aliphatic rings. The monoisotopic (exact) mass is 251 g/mol. The lowest BCUT2D eigenvalue weighted by atomic mass is 10.1. The molecule has 0 aliphatic heterocycles. The highest BCUT2D eigenvalue weighted by Gasteiger charge is 2.08. The van der Waals surface area contributed by atoms with Crippen LogP contribution in [0.3, 0.4) is 0 Å². The predicted molar refractivity (Wildman–Crippen MR) is 74.8 cm³/mol. The quantitative estimate of drug-likeness (QED) is 0.609. The van der Waals surface area contributed by atoms with Crippen molar-refractivity contribution < 1.29 is 4.79 Å². The molecule has 0 aliphatic carbocycles. The van der Waals surface area contributed by atoms with E-state index in [2.05, 4.69) is 31.8 Å². The van der Waals surface area contributed by atoms with Crippen LogP contribution in [0.15, 0.2) is 23.1 Å². The summed E-state index contributed by atoms with van der Waals surface area (Å²) >= 11 is 4.25. The maximum atomic E-state index is 11.9. The number of benzene rings is 1. The molecule has 0 bridgehead atoms. The molecule has 0 unspecified atom stereocenters. The summed E-state index contributed by atoms with van der Waals surface area (Å²) in [6, 6.07) is 5.63. The van der Waals surface area contributed by atoms with E-state index in [1.807, 2.05) is 25.1 Å². The van der Waals surface area contributed by atoms with Gasteiger partial charge in [0.25, 0.3) is 5.91 Å². The Labute approximate surface area is 109 Å². The van der Waals surface area contributed by atoms with Gasteiger partial charge in [-0.2, -0.15) is 0 Å². The number of hydrogen-bond donors (Lipinski definition) is 2. The van der Waals surface area contributed by atoms with Gasteiger partial charge in [0.15, 0.2) is 0 Å². The number of thiol groups is 1. The minimum Gasteiger partial charge on any atom is -0.352 e. The van der Waals surface area contributed by atoms with E-state index in [-0.39, 0.29) is 5.91 Å². The lowest BCUT2D eigenvalue weighted by molar-refractivity contribution is 0.0951. The van der Waals surface area contributed by atoms with Gasteiger partial charge in [-0.3, -0.25) is 4.79 Å². The Balaban J connectivity index is 2.49. The average Bonchev–Trinajstić information content (AvgIpc) is 2.27. The van der Waals surface area contributed by atoms with Gasteiger partial charge < -0.3 is 5.32 Å². The largest absolute Gasteiger partial charge is 0.352 e. The fourth-order valence-corrected chi connectivity index (χ4v) is 1.87. The van der Waals surface area contributed by atoms with Crippen LogP contribution in [0.2, 0.25) is 0 Å². The molecule has 0 radical (unpaired) electrons. The van der Waals surface area contributed by atoms with E-state index in [1.165, 1.54) is 0 Å². The third-order valence-electron chi connectivity index (χ3n) is 2.71. The molecule has 3 heteroatoms. The van der Waals surface area contributed by atoms with Gasteiger partial charge in [0.1, 0.15) is 0 Å². The number of amides is 1. The third kappa shape index (κ3) is 4.82. The normalized spacial score (nSPS) is 10.6.